The maximum Gasteiger partial charge on any atom is 0.0871 e. The lowest BCUT2D eigenvalue weighted by Gasteiger charge is -2.26. The fourth-order valence-electron chi connectivity index (χ4n) is 2.07. The molecule has 78 valence electrons. The Kier molecular flexibility index (Phi) is 4.69. The molecular formula is C12H20N2. The molecule has 0 radical (unpaired) electrons. The summed E-state index contributed by atoms with van der Waals surface area (Å²) in [6.07, 6.45) is 6.20. The Morgan fingerprint density at radius 3 is 2.64 bits per heavy atom. The van der Waals surface area contributed by atoms with E-state index in [0.717, 1.165) is 13.0 Å². The van der Waals surface area contributed by atoms with E-state index in [1.807, 2.05) is 0 Å². The van der Waals surface area contributed by atoms with E-state index in [0.29, 0.717) is 12.6 Å². The second-order valence-corrected chi connectivity index (χ2v) is 4.10. The standard InChI is InChI=1S/C12H20N2/c1-3-11(2)10-14(9-8-13)12-6-4-5-7-12/h12H,2-7,9-10H2,1H3. The SMILES string of the molecule is C=C(CC)CN(CC#N)C1CCCC1. The van der Waals surface area contributed by atoms with Crippen LogP contribution in [0.3, 0.4) is 0 Å². The molecule has 0 unspecified atom stereocenters. The van der Waals surface area contributed by atoms with Gasteiger partial charge in [-0.05, 0) is 19.3 Å². The second-order valence-electron chi connectivity index (χ2n) is 4.10. The zero-order valence-corrected chi connectivity index (χ0v) is 9.13. The lowest BCUT2D eigenvalue weighted by molar-refractivity contribution is 0.240. The molecule has 2 nitrogen and oxygen atoms in total. The summed E-state index contributed by atoms with van der Waals surface area (Å²) >= 11 is 0. The summed E-state index contributed by atoms with van der Waals surface area (Å²) in [5.41, 5.74) is 1.24. The van der Waals surface area contributed by atoms with Gasteiger partial charge in [0.2, 0.25) is 0 Å². The Hall–Kier alpha value is -0.810. The molecule has 0 bridgehead atoms. The molecule has 0 atom stereocenters. The summed E-state index contributed by atoms with van der Waals surface area (Å²) in [6, 6.07) is 2.90. The van der Waals surface area contributed by atoms with Crippen LogP contribution < -0.4 is 0 Å². The highest BCUT2D eigenvalue weighted by Crippen LogP contribution is 2.23. The molecule has 0 amide bonds. The molecule has 1 aliphatic carbocycles. The van der Waals surface area contributed by atoms with Gasteiger partial charge in [0.05, 0.1) is 12.6 Å². The van der Waals surface area contributed by atoms with E-state index in [1.54, 1.807) is 0 Å². The lowest BCUT2D eigenvalue weighted by Crippen LogP contribution is -2.35. The number of hydrogen-bond acceptors (Lipinski definition) is 2. The first kappa shape index (κ1) is 11.3. The van der Waals surface area contributed by atoms with Gasteiger partial charge in [0.1, 0.15) is 0 Å². The van der Waals surface area contributed by atoms with Crippen LogP contribution in [0.5, 0.6) is 0 Å². The molecule has 0 spiro atoms. The van der Waals surface area contributed by atoms with Gasteiger partial charge in [-0.3, -0.25) is 4.90 Å². The lowest BCUT2D eigenvalue weighted by atomic mass is 10.1. The quantitative estimate of drug-likeness (QED) is 0.494. The van der Waals surface area contributed by atoms with Crippen LogP contribution in [0.4, 0.5) is 0 Å². The zero-order valence-electron chi connectivity index (χ0n) is 9.13. The number of nitriles is 1. The summed E-state index contributed by atoms with van der Waals surface area (Å²) in [4.78, 5) is 2.29. The van der Waals surface area contributed by atoms with E-state index in [9.17, 15) is 0 Å². The summed E-state index contributed by atoms with van der Waals surface area (Å²) in [7, 11) is 0. The summed E-state index contributed by atoms with van der Waals surface area (Å²) in [6.45, 7) is 7.61. The van der Waals surface area contributed by atoms with Gasteiger partial charge in [0.25, 0.3) is 0 Å². The molecule has 0 N–H and O–H groups in total. The largest absolute Gasteiger partial charge is 0.284 e. The van der Waals surface area contributed by atoms with Crippen molar-refractivity contribution in [2.75, 3.05) is 13.1 Å². The van der Waals surface area contributed by atoms with Crippen molar-refractivity contribution in [3.8, 4) is 6.07 Å². The molecule has 0 aromatic rings. The average Bonchev–Trinajstić information content (AvgIpc) is 2.69. The molecule has 0 aliphatic heterocycles. The van der Waals surface area contributed by atoms with Crippen LogP contribution >= 0.6 is 0 Å². The highest BCUT2D eigenvalue weighted by molar-refractivity contribution is 4.99. The number of nitrogens with zero attached hydrogens (tertiary/aromatic N) is 2. The van der Waals surface area contributed by atoms with Gasteiger partial charge in [-0.15, -0.1) is 0 Å². The van der Waals surface area contributed by atoms with Crippen molar-refractivity contribution in [3.05, 3.63) is 12.2 Å². The molecule has 2 heteroatoms. The first-order valence-electron chi connectivity index (χ1n) is 5.55. The molecular weight excluding hydrogens is 172 g/mol. The molecule has 1 saturated carbocycles. The third-order valence-corrected chi connectivity index (χ3v) is 3.04. The van der Waals surface area contributed by atoms with E-state index < -0.39 is 0 Å². The summed E-state index contributed by atoms with van der Waals surface area (Å²) < 4.78 is 0. The predicted octanol–water partition coefficient (Wildman–Crippen LogP) is 2.72. The Balaban J connectivity index is 2.45. The summed E-state index contributed by atoms with van der Waals surface area (Å²) in [5, 5.41) is 8.76. The molecule has 0 saturated heterocycles. The van der Waals surface area contributed by atoms with Crippen molar-refractivity contribution in [1.29, 1.82) is 5.26 Å². The van der Waals surface area contributed by atoms with E-state index in [1.165, 1.54) is 31.3 Å². The fraction of sp³-hybridized carbons (Fsp3) is 0.750. The van der Waals surface area contributed by atoms with E-state index in [-0.39, 0.29) is 0 Å². The van der Waals surface area contributed by atoms with Gasteiger partial charge >= 0.3 is 0 Å². The molecule has 0 heterocycles. The molecule has 14 heavy (non-hydrogen) atoms. The van der Waals surface area contributed by atoms with Gasteiger partial charge in [-0.1, -0.05) is 31.9 Å². The fourth-order valence-corrected chi connectivity index (χ4v) is 2.07. The third kappa shape index (κ3) is 3.16. The van der Waals surface area contributed by atoms with Crippen molar-refractivity contribution >= 4 is 0 Å². The van der Waals surface area contributed by atoms with Crippen molar-refractivity contribution in [2.45, 2.75) is 45.1 Å². The minimum atomic E-state index is 0.559. The van der Waals surface area contributed by atoms with Crippen molar-refractivity contribution < 1.29 is 0 Å². The highest BCUT2D eigenvalue weighted by Gasteiger charge is 2.22. The van der Waals surface area contributed by atoms with E-state index in [4.69, 9.17) is 5.26 Å². The van der Waals surface area contributed by atoms with Crippen LogP contribution in [0.1, 0.15) is 39.0 Å². The Morgan fingerprint density at radius 1 is 1.50 bits per heavy atom. The van der Waals surface area contributed by atoms with Gasteiger partial charge in [-0.2, -0.15) is 5.26 Å². The van der Waals surface area contributed by atoms with E-state index >= 15 is 0 Å². The van der Waals surface area contributed by atoms with Crippen LogP contribution in [0.2, 0.25) is 0 Å². The number of hydrogen-bond donors (Lipinski definition) is 0. The Labute approximate surface area is 87.2 Å². The van der Waals surface area contributed by atoms with Gasteiger partial charge in [0, 0.05) is 12.6 Å². The molecule has 1 rings (SSSR count). The average molecular weight is 192 g/mol. The third-order valence-electron chi connectivity index (χ3n) is 3.04. The van der Waals surface area contributed by atoms with Crippen molar-refractivity contribution in [2.24, 2.45) is 0 Å². The van der Waals surface area contributed by atoms with Gasteiger partial charge in [-0.25, -0.2) is 0 Å². The molecule has 1 fully saturated rings. The monoisotopic (exact) mass is 192 g/mol. The smallest absolute Gasteiger partial charge is 0.0871 e. The first-order valence-corrected chi connectivity index (χ1v) is 5.55. The zero-order chi connectivity index (χ0) is 10.4. The molecule has 1 aliphatic rings. The normalized spacial score (nSPS) is 17.2. The highest BCUT2D eigenvalue weighted by atomic mass is 15.2. The van der Waals surface area contributed by atoms with Gasteiger partial charge in [0.15, 0.2) is 0 Å². The number of rotatable bonds is 5. The maximum atomic E-state index is 8.76. The van der Waals surface area contributed by atoms with Gasteiger partial charge < -0.3 is 0 Å². The minimum absolute atomic E-state index is 0.559. The van der Waals surface area contributed by atoms with E-state index in [2.05, 4.69) is 24.5 Å². The first-order chi connectivity index (χ1) is 6.77. The predicted molar refractivity (Wildman–Crippen MR) is 58.9 cm³/mol. The Bertz CT molecular complexity index is 221. The topological polar surface area (TPSA) is 27.0 Å². The Morgan fingerprint density at radius 2 is 2.14 bits per heavy atom. The van der Waals surface area contributed by atoms with Crippen LogP contribution in [0.15, 0.2) is 12.2 Å². The van der Waals surface area contributed by atoms with Crippen LogP contribution in [0, 0.1) is 11.3 Å². The van der Waals surface area contributed by atoms with Crippen molar-refractivity contribution in [1.82, 2.24) is 4.90 Å². The second kappa shape index (κ2) is 5.82. The molecule has 0 aromatic heterocycles. The summed E-state index contributed by atoms with van der Waals surface area (Å²) in [5.74, 6) is 0. The molecule has 0 aromatic carbocycles. The van der Waals surface area contributed by atoms with Crippen LogP contribution in [-0.4, -0.2) is 24.0 Å². The van der Waals surface area contributed by atoms with Crippen LogP contribution in [0.25, 0.3) is 0 Å². The van der Waals surface area contributed by atoms with Crippen molar-refractivity contribution in [3.63, 3.8) is 0 Å². The minimum Gasteiger partial charge on any atom is -0.284 e. The maximum absolute atomic E-state index is 8.76. The van der Waals surface area contributed by atoms with Crippen LogP contribution in [-0.2, 0) is 0 Å².